The Hall–Kier alpha value is -1.52. The molecule has 0 bridgehead atoms. The minimum atomic E-state index is 0.0226. The maximum absolute atomic E-state index is 11.9. The topological polar surface area (TPSA) is 46.3 Å². The van der Waals surface area contributed by atoms with E-state index in [1.165, 1.54) is 0 Å². The summed E-state index contributed by atoms with van der Waals surface area (Å²) in [6.07, 6.45) is 0.459. The molecule has 1 aliphatic heterocycles. The number of benzene rings is 1. The fourth-order valence-corrected chi connectivity index (χ4v) is 2.58. The molecule has 1 saturated heterocycles. The van der Waals surface area contributed by atoms with Gasteiger partial charge in [0.25, 0.3) is 0 Å². The summed E-state index contributed by atoms with van der Waals surface area (Å²) in [5.41, 5.74) is 1.57. The van der Waals surface area contributed by atoms with Crippen LogP contribution >= 0.6 is 23.2 Å². The lowest BCUT2D eigenvalue weighted by atomic mass is 10.1. The summed E-state index contributed by atoms with van der Waals surface area (Å²) < 4.78 is 5.28. The highest BCUT2D eigenvalue weighted by Gasteiger charge is 2.32. The fraction of sp³-hybridized carbons (Fsp3) is 0.286. The first-order chi connectivity index (χ1) is 9.67. The van der Waals surface area contributed by atoms with Crippen molar-refractivity contribution in [1.82, 2.24) is 5.16 Å². The monoisotopic (exact) mass is 310 g/mol. The number of hydrogen-bond acceptors (Lipinski definition) is 3. The van der Waals surface area contributed by atoms with Gasteiger partial charge in [-0.25, -0.2) is 0 Å². The highest BCUT2D eigenvalue weighted by molar-refractivity contribution is 6.30. The van der Waals surface area contributed by atoms with Gasteiger partial charge in [-0.2, -0.15) is 0 Å². The second-order valence-electron chi connectivity index (χ2n) is 4.79. The molecule has 2 heterocycles. The fourth-order valence-electron chi connectivity index (χ4n) is 2.25. The van der Waals surface area contributed by atoms with E-state index in [9.17, 15) is 4.79 Å². The minimum Gasteiger partial charge on any atom is -0.338 e. The summed E-state index contributed by atoms with van der Waals surface area (Å²) in [5.74, 6) is 1.13. The molecule has 4 nitrogen and oxygen atoms in total. The van der Waals surface area contributed by atoms with Gasteiger partial charge in [-0.1, -0.05) is 28.9 Å². The number of alkyl halides is 1. The number of halogens is 2. The van der Waals surface area contributed by atoms with Crippen molar-refractivity contribution >= 4 is 35.0 Å². The molecule has 0 aliphatic carbocycles. The molecule has 1 atom stereocenters. The highest BCUT2D eigenvalue weighted by Crippen LogP contribution is 2.29. The Balaban J connectivity index is 1.83. The van der Waals surface area contributed by atoms with E-state index in [2.05, 4.69) is 5.16 Å². The Bertz CT molecular complexity index is 624. The molecule has 2 aromatic rings. The van der Waals surface area contributed by atoms with Gasteiger partial charge in [0.15, 0.2) is 0 Å². The number of aromatic nitrogens is 1. The molecule has 1 aromatic carbocycles. The van der Waals surface area contributed by atoms with E-state index in [1.807, 2.05) is 12.1 Å². The van der Waals surface area contributed by atoms with Gasteiger partial charge in [0.2, 0.25) is 11.8 Å². The minimum absolute atomic E-state index is 0.0226. The van der Waals surface area contributed by atoms with Crippen LogP contribution in [-0.4, -0.2) is 23.5 Å². The van der Waals surface area contributed by atoms with Crippen LogP contribution in [0.4, 0.5) is 5.88 Å². The zero-order valence-electron chi connectivity index (χ0n) is 10.6. The number of carbonyl (C=O) groups is 1. The van der Waals surface area contributed by atoms with Crippen LogP contribution in [0.5, 0.6) is 0 Å². The number of rotatable bonds is 3. The zero-order chi connectivity index (χ0) is 14.1. The normalized spacial score (nSPS) is 18.8. The molecule has 104 valence electrons. The van der Waals surface area contributed by atoms with E-state index in [0.717, 1.165) is 5.56 Å². The molecule has 3 rings (SSSR count). The predicted octanol–water partition coefficient (Wildman–Crippen LogP) is 3.59. The van der Waals surface area contributed by atoms with Crippen molar-refractivity contribution in [3.8, 4) is 11.3 Å². The third-order valence-electron chi connectivity index (χ3n) is 3.33. The number of hydrogen-bond donors (Lipinski definition) is 0. The quantitative estimate of drug-likeness (QED) is 0.814. The summed E-state index contributed by atoms with van der Waals surface area (Å²) in [7, 11) is 0. The van der Waals surface area contributed by atoms with Crippen LogP contribution in [0.1, 0.15) is 6.42 Å². The second-order valence-corrected chi connectivity index (χ2v) is 5.53. The van der Waals surface area contributed by atoms with E-state index in [4.69, 9.17) is 27.7 Å². The molecule has 1 aliphatic rings. The van der Waals surface area contributed by atoms with Gasteiger partial charge in [-0.05, 0) is 18.1 Å². The number of anilines is 1. The van der Waals surface area contributed by atoms with Crippen LogP contribution in [0, 0.1) is 5.92 Å². The zero-order valence-corrected chi connectivity index (χ0v) is 12.1. The van der Waals surface area contributed by atoms with Gasteiger partial charge in [0, 0.05) is 35.5 Å². The molecular weight excluding hydrogens is 299 g/mol. The van der Waals surface area contributed by atoms with Crippen molar-refractivity contribution in [2.24, 2.45) is 5.92 Å². The van der Waals surface area contributed by atoms with Gasteiger partial charge >= 0.3 is 0 Å². The first-order valence-corrected chi connectivity index (χ1v) is 7.17. The Morgan fingerprint density at radius 1 is 1.35 bits per heavy atom. The van der Waals surface area contributed by atoms with E-state index < -0.39 is 0 Å². The Labute approximate surface area is 126 Å². The van der Waals surface area contributed by atoms with Crippen molar-refractivity contribution in [2.45, 2.75) is 6.42 Å². The van der Waals surface area contributed by atoms with Crippen LogP contribution in [0.25, 0.3) is 11.3 Å². The van der Waals surface area contributed by atoms with E-state index in [0.29, 0.717) is 35.4 Å². The maximum atomic E-state index is 11.9. The van der Waals surface area contributed by atoms with Gasteiger partial charge < -0.3 is 4.52 Å². The molecule has 1 unspecified atom stereocenters. The predicted molar refractivity (Wildman–Crippen MR) is 78.1 cm³/mol. The van der Waals surface area contributed by atoms with Crippen molar-refractivity contribution < 1.29 is 9.32 Å². The smallest absolute Gasteiger partial charge is 0.234 e. The third-order valence-corrected chi connectivity index (χ3v) is 4.02. The summed E-state index contributed by atoms with van der Waals surface area (Å²) in [6.45, 7) is 0.581. The van der Waals surface area contributed by atoms with Gasteiger partial charge in [-0.15, -0.1) is 11.6 Å². The average Bonchev–Trinajstić information content (AvgIpc) is 3.06. The van der Waals surface area contributed by atoms with Crippen LogP contribution in [0.2, 0.25) is 5.02 Å². The molecule has 0 saturated carbocycles. The Kier molecular flexibility index (Phi) is 3.68. The maximum Gasteiger partial charge on any atom is 0.234 e. The SMILES string of the molecule is O=C1CC(CCl)CN1c1cc(-c2ccc(Cl)cc2)no1. The first kappa shape index (κ1) is 13.5. The highest BCUT2D eigenvalue weighted by atomic mass is 35.5. The first-order valence-electron chi connectivity index (χ1n) is 6.26. The lowest BCUT2D eigenvalue weighted by molar-refractivity contribution is -0.117. The van der Waals surface area contributed by atoms with Crippen LogP contribution in [0.15, 0.2) is 34.9 Å². The molecule has 0 N–H and O–H groups in total. The number of amides is 1. The summed E-state index contributed by atoms with van der Waals surface area (Å²) in [4.78, 5) is 13.5. The van der Waals surface area contributed by atoms with Gasteiger partial charge in [0.1, 0.15) is 5.69 Å². The standard InChI is InChI=1S/C14H12Cl2N2O2/c15-7-9-5-13(19)18(8-9)14-6-12(17-20-14)10-1-3-11(16)4-2-10/h1-4,6,9H,5,7-8H2. The molecule has 20 heavy (non-hydrogen) atoms. The largest absolute Gasteiger partial charge is 0.338 e. The molecule has 1 fully saturated rings. The number of nitrogens with zero attached hydrogens (tertiary/aromatic N) is 2. The average molecular weight is 311 g/mol. The lowest BCUT2D eigenvalue weighted by Gasteiger charge is -2.10. The van der Waals surface area contributed by atoms with Gasteiger partial charge in [0.05, 0.1) is 0 Å². The van der Waals surface area contributed by atoms with Crippen LogP contribution < -0.4 is 4.90 Å². The molecule has 6 heteroatoms. The van der Waals surface area contributed by atoms with Crippen molar-refractivity contribution in [1.29, 1.82) is 0 Å². The van der Waals surface area contributed by atoms with Crippen molar-refractivity contribution in [3.63, 3.8) is 0 Å². The molecule has 1 aromatic heterocycles. The molecule has 0 spiro atoms. The van der Waals surface area contributed by atoms with Crippen molar-refractivity contribution in [2.75, 3.05) is 17.3 Å². The van der Waals surface area contributed by atoms with Gasteiger partial charge in [-0.3, -0.25) is 9.69 Å². The van der Waals surface area contributed by atoms with E-state index in [1.54, 1.807) is 23.1 Å². The summed E-state index contributed by atoms with van der Waals surface area (Å²) >= 11 is 11.7. The Morgan fingerprint density at radius 2 is 2.10 bits per heavy atom. The van der Waals surface area contributed by atoms with E-state index in [-0.39, 0.29) is 11.8 Å². The second kappa shape index (κ2) is 5.46. The molecule has 1 amide bonds. The molecule has 0 radical (unpaired) electrons. The summed E-state index contributed by atoms with van der Waals surface area (Å²) in [6, 6.07) is 9.05. The number of carbonyl (C=O) groups excluding carboxylic acids is 1. The Morgan fingerprint density at radius 3 is 2.75 bits per heavy atom. The van der Waals surface area contributed by atoms with Crippen LogP contribution in [-0.2, 0) is 4.79 Å². The third kappa shape index (κ3) is 2.53. The van der Waals surface area contributed by atoms with Crippen LogP contribution in [0.3, 0.4) is 0 Å². The summed E-state index contributed by atoms with van der Waals surface area (Å²) in [5, 5.41) is 4.67. The molecular formula is C14H12Cl2N2O2. The van der Waals surface area contributed by atoms with Crippen molar-refractivity contribution in [3.05, 3.63) is 35.4 Å². The lowest BCUT2D eigenvalue weighted by Crippen LogP contribution is -2.24. The van der Waals surface area contributed by atoms with E-state index >= 15 is 0 Å².